The topological polar surface area (TPSA) is 51.0 Å². The molecule has 2 aromatic rings. The van der Waals surface area contributed by atoms with E-state index in [-0.39, 0.29) is 5.91 Å². The summed E-state index contributed by atoms with van der Waals surface area (Å²) in [6.45, 7) is 6.01. The van der Waals surface area contributed by atoms with Crippen molar-refractivity contribution in [1.29, 1.82) is 0 Å². The molecule has 5 nitrogen and oxygen atoms in total. The van der Waals surface area contributed by atoms with Crippen LogP contribution in [0.2, 0.25) is 0 Å². The Morgan fingerprint density at radius 1 is 1.48 bits per heavy atom. The van der Waals surface area contributed by atoms with Crippen LogP contribution >= 0.6 is 11.3 Å². The van der Waals surface area contributed by atoms with Crippen molar-refractivity contribution in [3.8, 4) is 0 Å². The summed E-state index contributed by atoms with van der Waals surface area (Å²) in [5.41, 5.74) is 1.13. The van der Waals surface area contributed by atoms with E-state index in [1.54, 1.807) is 11.3 Å². The van der Waals surface area contributed by atoms with Gasteiger partial charge in [0.1, 0.15) is 12.2 Å². The van der Waals surface area contributed by atoms with E-state index in [2.05, 4.69) is 34.0 Å². The van der Waals surface area contributed by atoms with E-state index >= 15 is 0 Å². The molecule has 1 unspecified atom stereocenters. The van der Waals surface area contributed by atoms with Crippen molar-refractivity contribution in [2.24, 2.45) is 5.92 Å². The van der Waals surface area contributed by atoms with Crippen molar-refractivity contribution in [1.82, 2.24) is 19.7 Å². The lowest BCUT2D eigenvalue weighted by molar-refractivity contribution is -0.132. The van der Waals surface area contributed by atoms with Gasteiger partial charge in [0.2, 0.25) is 5.91 Å². The zero-order valence-corrected chi connectivity index (χ0v) is 14.6. The minimum absolute atomic E-state index is 0.249. The Kier molecular flexibility index (Phi) is 5.10. The normalized spacial score (nSPS) is 18.6. The molecule has 0 aliphatic carbocycles. The highest BCUT2D eigenvalue weighted by molar-refractivity contribution is 7.07. The SMILES string of the molecule is CC(C)n1cnnc1CC1CCCN(C(=O)Cc2ccsc2)C1. The molecule has 1 atom stereocenters. The average Bonchev–Trinajstić information content (AvgIpc) is 3.19. The Morgan fingerprint density at radius 3 is 3.09 bits per heavy atom. The van der Waals surface area contributed by atoms with Crippen molar-refractivity contribution in [3.05, 3.63) is 34.5 Å². The average molecular weight is 332 g/mol. The van der Waals surface area contributed by atoms with Gasteiger partial charge in [-0.05, 0) is 55.0 Å². The van der Waals surface area contributed by atoms with Gasteiger partial charge in [0.05, 0.1) is 6.42 Å². The number of hydrogen-bond acceptors (Lipinski definition) is 4. The molecule has 124 valence electrons. The van der Waals surface area contributed by atoms with Crippen LogP contribution in [-0.4, -0.2) is 38.7 Å². The first-order chi connectivity index (χ1) is 11.1. The Bertz CT molecular complexity index is 635. The maximum absolute atomic E-state index is 12.5. The van der Waals surface area contributed by atoms with Gasteiger partial charge < -0.3 is 9.47 Å². The lowest BCUT2D eigenvalue weighted by Gasteiger charge is -2.33. The van der Waals surface area contributed by atoms with E-state index in [0.717, 1.165) is 43.7 Å². The zero-order chi connectivity index (χ0) is 16.2. The number of hydrogen-bond donors (Lipinski definition) is 0. The van der Waals surface area contributed by atoms with E-state index in [9.17, 15) is 4.79 Å². The molecular formula is C17H24N4OS. The number of carbonyl (C=O) groups excluding carboxylic acids is 1. The first kappa shape index (κ1) is 16.2. The van der Waals surface area contributed by atoms with Gasteiger partial charge in [0, 0.05) is 25.6 Å². The van der Waals surface area contributed by atoms with Crippen LogP contribution in [0, 0.1) is 5.92 Å². The number of nitrogens with zero attached hydrogens (tertiary/aromatic N) is 4. The van der Waals surface area contributed by atoms with E-state index in [4.69, 9.17) is 0 Å². The second kappa shape index (κ2) is 7.25. The predicted octanol–water partition coefficient (Wildman–Crippen LogP) is 2.94. The Morgan fingerprint density at radius 2 is 2.35 bits per heavy atom. The molecule has 0 aromatic carbocycles. The maximum Gasteiger partial charge on any atom is 0.227 e. The number of piperidine rings is 1. The fourth-order valence-corrected chi connectivity index (χ4v) is 3.91. The van der Waals surface area contributed by atoms with Gasteiger partial charge in [-0.25, -0.2) is 0 Å². The van der Waals surface area contributed by atoms with Gasteiger partial charge in [-0.3, -0.25) is 4.79 Å². The van der Waals surface area contributed by atoms with Crippen LogP contribution in [0.4, 0.5) is 0 Å². The van der Waals surface area contributed by atoms with Crippen LogP contribution in [-0.2, 0) is 17.6 Å². The second-order valence-corrected chi connectivity index (χ2v) is 7.39. The molecule has 0 radical (unpaired) electrons. The summed E-state index contributed by atoms with van der Waals surface area (Å²) in [4.78, 5) is 14.5. The van der Waals surface area contributed by atoms with Crippen molar-refractivity contribution >= 4 is 17.2 Å². The molecule has 0 N–H and O–H groups in total. The molecule has 1 saturated heterocycles. The van der Waals surface area contributed by atoms with E-state index in [0.29, 0.717) is 18.4 Å². The van der Waals surface area contributed by atoms with Gasteiger partial charge in [0.15, 0.2) is 0 Å². The fourth-order valence-electron chi connectivity index (χ4n) is 3.24. The lowest BCUT2D eigenvalue weighted by atomic mass is 9.94. The summed E-state index contributed by atoms with van der Waals surface area (Å²) in [5.74, 6) is 1.77. The highest BCUT2D eigenvalue weighted by Crippen LogP contribution is 2.22. The van der Waals surface area contributed by atoms with Crippen LogP contribution in [0.3, 0.4) is 0 Å². The molecule has 0 saturated carbocycles. The standard InChI is InChI=1S/C17H24N4OS/c1-13(2)21-12-18-19-16(21)8-14-4-3-6-20(10-14)17(22)9-15-5-7-23-11-15/h5,7,11-14H,3-4,6,8-10H2,1-2H3. The molecule has 6 heteroatoms. The summed E-state index contributed by atoms with van der Waals surface area (Å²) in [5, 5.41) is 12.4. The largest absolute Gasteiger partial charge is 0.342 e. The third-order valence-electron chi connectivity index (χ3n) is 4.48. The van der Waals surface area contributed by atoms with Gasteiger partial charge >= 0.3 is 0 Å². The monoisotopic (exact) mass is 332 g/mol. The molecule has 3 rings (SSSR count). The number of aromatic nitrogens is 3. The Balaban J connectivity index is 1.59. The molecule has 23 heavy (non-hydrogen) atoms. The van der Waals surface area contributed by atoms with Crippen LogP contribution in [0.1, 0.15) is 44.1 Å². The minimum Gasteiger partial charge on any atom is -0.342 e. The fraction of sp³-hybridized carbons (Fsp3) is 0.588. The van der Waals surface area contributed by atoms with Gasteiger partial charge in [-0.2, -0.15) is 11.3 Å². The van der Waals surface area contributed by atoms with Crippen LogP contribution in [0.25, 0.3) is 0 Å². The Labute approximate surface area is 141 Å². The number of thiophene rings is 1. The summed E-state index contributed by atoms with van der Waals surface area (Å²) in [7, 11) is 0. The zero-order valence-electron chi connectivity index (χ0n) is 13.8. The number of rotatable bonds is 5. The second-order valence-electron chi connectivity index (χ2n) is 6.61. The molecule has 0 bridgehead atoms. The minimum atomic E-state index is 0.249. The van der Waals surface area contributed by atoms with Crippen LogP contribution < -0.4 is 0 Å². The number of amides is 1. The summed E-state index contributed by atoms with van der Waals surface area (Å²) in [6.07, 6.45) is 5.48. The maximum atomic E-state index is 12.5. The van der Waals surface area contributed by atoms with E-state index < -0.39 is 0 Å². The van der Waals surface area contributed by atoms with E-state index in [1.165, 1.54) is 0 Å². The summed E-state index contributed by atoms with van der Waals surface area (Å²) in [6, 6.07) is 2.41. The van der Waals surface area contributed by atoms with Gasteiger partial charge in [-0.1, -0.05) is 0 Å². The molecular weight excluding hydrogens is 308 g/mol. The quantitative estimate of drug-likeness (QED) is 0.846. The van der Waals surface area contributed by atoms with Gasteiger partial charge in [0.25, 0.3) is 0 Å². The molecule has 1 aliphatic rings. The van der Waals surface area contributed by atoms with Crippen molar-refractivity contribution in [2.75, 3.05) is 13.1 Å². The van der Waals surface area contributed by atoms with Gasteiger partial charge in [-0.15, -0.1) is 10.2 Å². The molecule has 2 aromatic heterocycles. The highest BCUT2D eigenvalue weighted by atomic mass is 32.1. The Hall–Kier alpha value is -1.69. The molecule has 1 aliphatic heterocycles. The van der Waals surface area contributed by atoms with Crippen molar-refractivity contribution in [3.63, 3.8) is 0 Å². The number of carbonyl (C=O) groups is 1. The predicted molar refractivity (Wildman–Crippen MR) is 91.4 cm³/mol. The van der Waals surface area contributed by atoms with Crippen molar-refractivity contribution in [2.45, 2.75) is 45.6 Å². The summed E-state index contributed by atoms with van der Waals surface area (Å²) >= 11 is 1.65. The van der Waals surface area contributed by atoms with Crippen LogP contribution in [0.5, 0.6) is 0 Å². The third kappa shape index (κ3) is 3.99. The highest BCUT2D eigenvalue weighted by Gasteiger charge is 2.25. The number of likely N-dealkylation sites (tertiary alicyclic amines) is 1. The van der Waals surface area contributed by atoms with Crippen molar-refractivity contribution < 1.29 is 4.79 Å². The summed E-state index contributed by atoms with van der Waals surface area (Å²) < 4.78 is 2.13. The van der Waals surface area contributed by atoms with E-state index in [1.807, 2.05) is 22.7 Å². The molecule has 1 fully saturated rings. The first-order valence-electron chi connectivity index (χ1n) is 8.30. The lowest BCUT2D eigenvalue weighted by Crippen LogP contribution is -2.41. The van der Waals surface area contributed by atoms with Crippen LogP contribution in [0.15, 0.2) is 23.2 Å². The molecule has 3 heterocycles. The molecule has 0 spiro atoms. The first-order valence-corrected chi connectivity index (χ1v) is 9.25. The smallest absolute Gasteiger partial charge is 0.227 e. The third-order valence-corrected chi connectivity index (χ3v) is 5.21. The molecule has 1 amide bonds.